The van der Waals surface area contributed by atoms with Crippen LogP contribution in [0.15, 0.2) is 4.99 Å². The number of nitrogens with one attached hydrogen (secondary N) is 2. The van der Waals surface area contributed by atoms with Crippen LogP contribution in [-0.4, -0.2) is 87.9 Å². The summed E-state index contributed by atoms with van der Waals surface area (Å²) in [4.78, 5) is 9.65. The summed E-state index contributed by atoms with van der Waals surface area (Å²) in [6.45, 7) is 16.4. The molecule has 2 atom stereocenters. The van der Waals surface area contributed by atoms with Crippen LogP contribution in [0.25, 0.3) is 0 Å². The maximum Gasteiger partial charge on any atom is 0.191 e. The summed E-state index contributed by atoms with van der Waals surface area (Å²) < 4.78 is 5.56. The smallest absolute Gasteiger partial charge is 0.191 e. The summed E-state index contributed by atoms with van der Waals surface area (Å²) >= 11 is 0. The number of morpholine rings is 1. The molecule has 2 rings (SSSR count). The molecule has 0 aliphatic carbocycles. The second kappa shape index (κ2) is 12.6. The van der Waals surface area contributed by atoms with Crippen molar-refractivity contribution in [3.8, 4) is 0 Å². The van der Waals surface area contributed by atoms with Crippen LogP contribution in [0.3, 0.4) is 0 Å². The molecular weight excluding hydrogens is 338 g/mol. The van der Waals surface area contributed by atoms with Gasteiger partial charge in [-0.25, -0.2) is 0 Å². The summed E-state index contributed by atoms with van der Waals surface area (Å²) in [5.41, 5.74) is 0. The van der Waals surface area contributed by atoms with E-state index in [0.29, 0.717) is 17.9 Å². The molecule has 6 nitrogen and oxygen atoms in total. The highest BCUT2D eigenvalue weighted by Crippen LogP contribution is 2.19. The van der Waals surface area contributed by atoms with Gasteiger partial charge < -0.3 is 20.3 Å². The van der Waals surface area contributed by atoms with Crippen LogP contribution in [0.4, 0.5) is 0 Å². The van der Waals surface area contributed by atoms with Crippen molar-refractivity contribution in [3.05, 3.63) is 0 Å². The van der Waals surface area contributed by atoms with E-state index in [1.807, 2.05) is 7.05 Å². The molecule has 6 heteroatoms. The van der Waals surface area contributed by atoms with E-state index in [2.05, 4.69) is 46.2 Å². The van der Waals surface area contributed by atoms with Crippen LogP contribution >= 0.6 is 0 Å². The van der Waals surface area contributed by atoms with Crippen LogP contribution < -0.4 is 10.6 Å². The van der Waals surface area contributed by atoms with Gasteiger partial charge in [-0.1, -0.05) is 33.6 Å². The highest BCUT2D eigenvalue weighted by Gasteiger charge is 2.27. The van der Waals surface area contributed by atoms with Crippen LogP contribution in [-0.2, 0) is 4.74 Å². The number of hydrogen-bond donors (Lipinski definition) is 2. The second-order valence-electron chi connectivity index (χ2n) is 8.24. The standard InChI is InChI=1S/C21H43N5O/c1-5-19(6-2)20(26-11-13-27-14-12-26)16-24-21(22-4)23-15-18(3)17-25-9-7-8-10-25/h18-20H,5-17H2,1-4H3,(H2,22,23,24). The minimum atomic E-state index is 0.546. The third-order valence-corrected chi connectivity index (χ3v) is 6.20. The molecule has 2 aliphatic heterocycles. The van der Waals surface area contributed by atoms with E-state index in [9.17, 15) is 0 Å². The van der Waals surface area contributed by atoms with Crippen LogP contribution in [0.2, 0.25) is 0 Å². The zero-order valence-electron chi connectivity index (χ0n) is 18.2. The number of rotatable bonds is 10. The molecule has 0 aromatic carbocycles. The summed E-state index contributed by atoms with van der Waals surface area (Å²) in [7, 11) is 1.88. The summed E-state index contributed by atoms with van der Waals surface area (Å²) in [5, 5.41) is 7.15. The topological polar surface area (TPSA) is 52.1 Å². The molecule has 2 aliphatic rings. The molecule has 0 amide bonds. The monoisotopic (exact) mass is 381 g/mol. The lowest BCUT2D eigenvalue weighted by Crippen LogP contribution is -2.53. The largest absolute Gasteiger partial charge is 0.379 e. The molecule has 2 fully saturated rings. The van der Waals surface area contributed by atoms with E-state index in [-0.39, 0.29) is 0 Å². The second-order valence-corrected chi connectivity index (χ2v) is 8.24. The fourth-order valence-electron chi connectivity index (χ4n) is 4.50. The van der Waals surface area contributed by atoms with E-state index in [1.165, 1.54) is 45.3 Å². The van der Waals surface area contributed by atoms with Gasteiger partial charge in [-0.3, -0.25) is 9.89 Å². The Morgan fingerprint density at radius 2 is 1.63 bits per heavy atom. The lowest BCUT2D eigenvalue weighted by Gasteiger charge is -2.39. The molecule has 0 bridgehead atoms. The molecule has 0 saturated carbocycles. The quantitative estimate of drug-likeness (QED) is 0.448. The fourth-order valence-corrected chi connectivity index (χ4v) is 4.50. The van der Waals surface area contributed by atoms with Crippen molar-refractivity contribution in [1.82, 2.24) is 20.4 Å². The highest BCUT2D eigenvalue weighted by atomic mass is 16.5. The highest BCUT2D eigenvalue weighted by molar-refractivity contribution is 5.79. The predicted octanol–water partition coefficient (Wildman–Crippen LogP) is 2.02. The van der Waals surface area contributed by atoms with Gasteiger partial charge in [-0.2, -0.15) is 0 Å². The number of likely N-dealkylation sites (tertiary alicyclic amines) is 1. The van der Waals surface area contributed by atoms with Gasteiger partial charge in [-0.15, -0.1) is 0 Å². The van der Waals surface area contributed by atoms with Gasteiger partial charge in [-0.05, 0) is 37.8 Å². The Bertz CT molecular complexity index is 415. The summed E-state index contributed by atoms with van der Waals surface area (Å²) in [6, 6.07) is 0.546. The van der Waals surface area contributed by atoms with E-state index in [4.69, 9.17) is 4.74 Å². The van der Waals surface area contributed by atoms with Gasteiger partial charge in [0, 0.05) is 45.8 Å². The Kier molecular flexibility index (Phi) is 10.5. The number of guanidine groups is 1. The molecular formula is C21H43N5O. The van der Waals surface area contributed by atoms with Crippen molar-refractivity contribution >= 4 is 5.96 Å². The van der Waals surface area contributed by atoms with E-state index in [1.54, 1.807) is 0 Å². The van der Waals surface area contributed by atoms with E-state index >= 15 is 0 Å². The van der Waals surface area contributed by atoms with Gasteiger partial charge in [0.25, 0.3) is 0 Å². The SMILES string of the molecule is CCC(CC)C(CNC(=NC)NCC(C)CN1CCCC1)N1CCOCC1. The van der Waals surface area contributed by atoms with Gasteiger partial charge in [0.1, 0.15) is 0 Å². The zero-order chi connectivity index (χ0) is 19.5. The van der Waals surface area contributed by atoms with Crippen molar-refractivity contribution < 1.29 is 4.74 Å². The number of aliphatic imine (C=N–C) groups is 1. The fraction of sp³-hybridized carbons (Fsp3) is 0.952. The molecule has 2 saturated heterocycles. The predicted molar refractivity (Wildman–Crippen MR) is 114 cm³/mol. The normalized spacial score (nSPS) is 22.2. The lowest BCUT2D eigenvalue weighted by atomic mass is 9.92. The molecule has 2 heterocycles. The average Bonchev–Trinajstić information content (AvgIpc) is 3.21. The van der Waals surface area contributed by atoms with E-state index < -0.39 is 0 Å². The molecule has 2 unspecified atom stereocenters. The first-order valence-corrected chi connectivity index (χ1v) is 11.2. The molecule has 0 spiro atoms. The van der Waals surface area contributed by atoms with Crippen molar-refractivity contribution in [3.63, 3.8) is 0 Å². The first kappa shape index (κ1) is 22.4. The molecule has 0 aromatic heterocycles. The number of hydrogen-bond acceptors (Lipinski definition) is 4. The van der Waals surface area contributed by atoms with Gasteiger partial charge in [0.2, 0.25) is 0 Å². The minimum Gasteiger partial charge on any atom is -0.379 e. The molecule has 0 radical (unpaired) electrons. The lowest BCUT2D eigenvalue weighted by molar-refractivity contribution is 0.00272. The minimum absolute atomic E-state index is 0.546. The first-order chi connectivity index (χ1) is 13.2. The summed E-state index contributed by atoms with van der Waals surface area (Å²) in [5.74, 6) is 2.28. The first-order valence-electron chi connectivity index (χ1n) is 11.2. The van der Waals surface area contributed by atoms with Crippen molar-refractivity contribution in [2.24, 2.45) is 16.8 Å². The van der Waals surface area contributed by atoms with Gasteiger partial charge in [0.15, 0.2) is 5.96 Å². The Labute approximate surface area is 167 Å². The average molecular weight is 382 g/mol. The van der Waals surface area contributed by atoms with Crippen molar-refractivity contribution in [2.45, 2.75) is 52.5 Å². The van der Waals surface area contributed by atoms with Gasteiger partial charge >= 0.3 is 0 Å². The maximum absolute atomic E-state index is 5.56. The van der Waals surface area contributed by atoms with E-state index in [0.717, 1.165) is 45.4 Å². The Morgan fingerprint density at radius 3 is 2.22 bits per heavy atom. The third-order valence-electron chi connectivity index (χ3n) is 6.20. The number of nitrogens with zero attached hydrogens (tertiary/aromatic N) is 3. The van der Waals surface area contributed by atoms with Crippen molar-refractivity contribution in [2.75, 3.05) is 66.1 Å². The Hall–Kier alpha value is -0.850. The van der Waals surface area contributed by atoms with Crippen LogP contribution in [0.1, 0.15) is 46.5 Å². The summed E-state index contributed by atoms with van der Waals surface area (Å²) in [6.07, 6.45) is 5.17. The molecule has 2 N–H and O–H groups in total. The zero-order valence-corrected chi connectivity index (χ0v) is 18.2. The number of ether oxygens (including phenoxy) is 1. The van der Waals surface area contributed by atoms with Crippen molar-refractivity contribution in [1.29, 1.82) is 0 Å². The Morgan fingerprint density at radius 1 is 1.00 bits per heavy atom. The third kappa shape index (κ3) is 7.59. The van der Waals surface area contributed by atoms with Crippen LogP contribution in [0, 0.1) is 11.8 Å². The molecule has 27 heavy (non-hydrogen) atoms. The molecule has 0 aromatic rings. The Balaban J connectivity index is 1.79. The van der Waals surface area contributed by atoms with Crippen LogP contribution in [0.5, 0.6) is 0 Å². The molecule has 158 valence electrons. The van der Waals surface area contributed by atoms with Gasteiger partial charge in [0.05, 0.1) is 13.2 Å². The maximum atomic E-state index is 5.56.